The summed E-state index contributed by atoms with van der Waals surface area (Å²) in [6.45, 7) is 1.34. The van der Waals surface area contributed by atoms with Crippen molar-refractivity contribution in [3.8, 4) is 5.75 Å². The average Bonchev–Trinajstić information content (AvgIpc) is 2.85. The molecule has 1 amide bonds. The van der Waals surface area contributed by atoms with Crippen LogP contribution in [-0.4, -0.2) is 36.7 Å². The lowest BCUT2D eigenvalue weighted by Gasteiger charge is -2.20. The summed E-state index contributed by atoms with van der Waals surface area (Å²) in [6.07, 6.45) is 0. The first-order chi connectivity index (χ1) is 17.1. The van der Waals surface area contributed by atoms with Crippen LogP contribution < -0.4 is 20.7 Å². The normalized spacial score (nSPS) is 11.6. The Balaban J connectivity index is 1.67. The van der Waals surface area contributed by atoms with Crippen molar-refractivity contribution in [3.63, 3.8) is 0 Å². The zero-order chi connectivity index (χ0) is 26.0. The number of amides is 1. The molecule has 0 saturated carbocycles. The predicted molar refractivity (Wildman–Crippen MR) is 134 cm³/mol. The van der Waals surface area contributed by atoms with Gasteiger partial charge in [0.05, 0.1) is 27.0 Å². The van der Waals surface area contributed by atoms with Crippen molar-refractivity contribution in [2.24, 2.45) is 10.2 Å². The predicted octanol–water partition coefficient (Wildman–Crippen LogP) is 3.12. The summed E-state index contributed by atoms with van der Waals surface area (Å²) in [4.78, 5) is 35.4. The Labute approximate surface area is 204 Å². The monoisotopic (exact) mass is 508 g/mol. The van der Waals surface area contributed by atoms with Gasteiger partial charge >= 0.3 is 0 Å². The van der Waals surface area contributed by atoms with Crippen molar-refractivity contribution < 1.29 is 18.3 Å². The molecule has 0 radical (unpaired) electrons. The molecule has 0 atom stereocenters. The van der Waals surface area contributed by atoms with E-state index in [1.54, 1.807) is 0 Å². The molecule has 184 valence electrons. The first-order valence-electron chi connectivity index (χ1n) is 10.4. The number of carbonyl (C=O) groups excluding carboxylic acids is 1. The van der Waals surface area contributed by atoms with Crippen LogP contribution in [0.2, 0.25) is 0 Å². The Morgan fingerprint density at radius 3 is 2.31 bits per heavy atom. The molecule has 0 aliphatic rings. The largest absolute Gasteiger partial charge is 0.506 e. The van der Waals surface area contributed by atoms with E-state index in [9.17, 15) is 27.9 Å². The standard InChI is InChI=1S/C23H20N6O6S/c1-13(30)24-14-6-9-16(10-7-14)36(34,35)29(2)15-8-11-20(31)19(12-15)26-25-18-5-3-4-17-21(18)23(33)28-27-22(17)32/h3-12,31H,1-2H3,(H,24,30)(H,27,32)(H,28,33). The molecule has 0 unspecified atom stereocenters. The SMILES string of the molecule is CC(=O)Nc1ccc(S(=O)(=O)N(C)c2ccc(O)c(N=Nc3cccc4c(=O)[nH][nH]c(=O)c34)c2)cc1. The molecule has 0 fully saturated rings. The minimum absolute atomic E-state index is 0.0167. The number of carbonyl (C=O) groups is 1. The van der Waals surface area contributed by atoms with Crippen LogP contribution in [0, 0.1) is 0 Å². The number of nitrogens with zero attached hydrogens (tertiary/aromatic N) is 3. The first-order valence-corrected chi connectivity index (χ1v) is 11.9. The molecule has 36 heavy (non-hydrogen) atoms. The quantitative estimate of drug-likeness (QED) is 0.291. The number of aromatic hydroxyl groups is 1. The van der Waals surface area contributed by atoms with Crippen LogP contribution in [0.5, 0.6) is 5.75 Å². The second kappa shape index (κ2) is 9.46. The van der Waals surface area contributed by atoms with Crippen LogP contribution in [0.15, 0.2) is 85.4 Å². The summed E-state index contributed by atoms with van der Waals surface area (Å²) < 4.78 is 27.2. The van der Waals surface area contributed by atoms with Crippen LogP contribution in [0.4, 0.5) is 22.7 Å². The zero-order valence-electron chi connectivity index (χ0n) is 19.0. The number of phenolic OH excluding ortho intramolecular Hbond substituents is 1. The first kappa shape index (κ1) is 24.3. The molecule has 0 bridgehead atoms. The molecule has 0 spiro atoms. The van der Waals surface area contributed by atoms with Crippen LogP contribution in [0.1, 0.15) is 6.92 Å². The molecule has 3 aromatic carbocycles. The molecule has 4 rings (SSSR count). The molecule has 12 nitrogen and oxygen atoms in total. The summed E-state index contributed by atoms with van der Waals surface area (Å²) in [7, 11) is -2.66. The van der Waals surface area contributed by atoms with Gasteiger partial charge in [0, 0.05) is 19.7 Å². The number of H-pyrrole nitrogens is 2. The number of aromatic nitrogens is 2. The topological polar surface area (TPSA) is 177 Å². The second-order valence-electron chi connectivity index (χ2n) is 7.66. The van der Waals surface area contributed by atoms with E-state index >= 15 is 0 Å². The van der Waals surface area contributed by atoms with Crippen molar-refractivity contribution in [1.82, 2.24) is 10.2 Å². The number of azo groups is 1. The summed E-state index contributed by atoms with van der Waals surface area (Å²) in [5, 5.41) is 25.4. The van der Waals surface area contributed by atoms with E-state index in [0.29, 0.717) is 5.69 Å². The number of rotatable bonds is 6. The van der Waals surface area contributed by atoms with Gasteiger partial charge in [-0.2, -0.15) is 0 Å². The number of fused-ring (bicyclic) bond motifs is 1. The molecule has 4 aromatic rings. The smallest absolute Gasteiger partial charge is 0.272 e. The Morgan fingerprint density at radius 2 is 1.61 bits per heavy atom. The maximum atomic E-state index is 13.1. The molecule has 0 aliphatic carbocycles. The number of hydrogen-bond donors (Lipinski definition) is 4. The van der Waals surface area contributed by atoms with Crippen molar-refractivity contribution in [1.29, 1.82) is 0 Å². The van der Waals surface area contributed by atoms with Gasteiger partial charge in [-0.25, -0.2) is 8.42 Å². The highest BCUT2D eigenvalue weighted by Gasteiger charge is 2.22. The second-order valence-corrected chi connectivity index (χ2v) is 9.63. The van der Waals surface area contributed by atoms with E-state index in [1.807, 2.05) is 0 Å². The Kier molecular flexibility index (Phi) is 6.40. The minimum Gasteiger partial charge on any atom is -0.506 e. The molecular weight excluding hydrogens is 488 g/mol. The van der Waals surface area contributed by atoms with Crippen molar-refractivity contribution in [3.05, 3.63) is 81.4 Å². The van der Waals surface area contributed by atoms with Gasteiger partial charge in [-0.1, -0.05) is 6.07 Å². The van der Waals surface area contributed by atoms with E-state index in [-0.39, 0.29) is 44.4 Å². The maximum absolute atomic E-state index is 13.1. The van der Waals surface area contributed by atoms with E-state index in [0.717, 1.165) is 4.31 Å². The van der Waals surface area contributed by atoms with E-state index in [1.165, 1.54) is 74.6 Å². The van der Waals surface area contributed by atoms with E-state index in [2.05, 4.69) is 25.7 Å². The third-order valence-electron chi connectivity index (χ3n) is 5.22. The van der Waals surface area contributed by atoms with Gasteiger partial charge in [-0.15, -0.1) is 10.2 Å². The Morgan fingerprint density at radius 1 is 0.944 bits per heavy atom. The molecule has 0 saturated heterocycles. The molecule has 4 N–H and O–H groups in total. The van der Waals surface area contributed by atoms with Gasteiger partial charge in [0.1, 0.15) is 11.4 Å². The third-order valence-corrected chi connectivity index (χ3v) is 7.02. The van der Waals surface area contributed by atoms with Crippen molar-refractivity contribution in [2.75, 3.05) is 16.7 Å². The Bertz CT molecular complexity index is 1730. The van der Waals surface area contributed by atoms with Crippen LogP contribution in [0.3, 0.4) is 0 Å². The number of phenols is 1. The summed E-state index contributed by atoms with van der Waals surface area (Å²) in [5.74, 6) is -0.562. The van der Waals surface area contributed by atoms with Gasteiger partial charge in [-0.05, 0) is 54.6 Å². The highest BCUT2D eigenvalue weighted by molar-refractivity contribution is 7.92. The van der Waals surface area contributed by atoms with Crippen LogP contribution in [0.25, 0.3) is 10.8 Å². The van der Waals surface area contributed by atoms with Crippen molar-refractivity contribution >= 4 is 49.5 Å². The highest BCUT2D eigenvalue weighted by Crippen LogP contribution is 2.34. The molecule has 1 heterocycles. The van der Waals surface area contributed by atoms with Gasteiger partial charge < -0.3 is 10.4 Å². The molecule has 1 aromatic heterocycles. The summed E-state index contributed by atoms with van der Waals surface area (Å²) >= 11 is 0. The zero-order valence-corrected chi connectivity index (χ0v) is 19.8. The van der Waals surface area contributed by atoms with Crippen molar-refractivity contribution in [2.45, 2.75) is 11.8 Å². The number of aromatic amines is 2. The number of nitrogens with one attached hydrogen (secondary N) is 3. The maximum Gasteiger partial charge on any atom is 0.272 e. The van der Waals surface area contributed by atoms with Gasteiger partial charge in [0.15, 0.2) is 0 Å². The average molecular weight is 509 g/mol. The number of sulfonamides is 1. The van der Waals surface area contributed by atoms with Crippen LogP contribution in [-0.2, 0) is 14.8 Å². The summed E-state index contributed by atoms with van der Waals surface area (Å²) in [5.41, 5.74) is -0.430. The van der Waals surface area contributed by atoms with E-state index < -0.39 is 21.1 Å². The van der Waals surface area contributed by atoms with Gasteiger partial charge in [0.25, 0.3) is 21.1 Å². The fraction of sp³-hybridized carbons (Fsp3) is 0.0870. The highest BCUT2D eigenvalue weighted by atomic mass is 32.2. The number of anilines is 2. The molecular formula is C23H20N6O6S. The van der Waals surface area contributed by atoms with Gasteiger partial charge in [0.2, 0.25) is 5.91 Å². The number of hydrogen-bond acceptors (Lipinski definition) is 8. The third kappa shape index (κ3) is 4.72. The molecule has 13 heteroatoms. The fourth-order valence-corrected chi connectivity index (χ4v) is 4.59. The van der Waals surface area contributed by atoms with Crippen LogP contribution >= 0.6 is 0 Å². The molecule has 0 aliphatic heterocycles. The number of benzene rings is 3. The fourth-order valence-electron chi connectivity index (χ4n) is 3.40. The lowest BCUT2D eigenvalue weighted by molar-refractivity contribution is -0.114. The van der Waals surface area contributed by atoms with Gasteiger partial charge in [-0.3, -0.25) is 28.9 Å². The Hall–Kier alpha value is -4.78. The summed E-state index contributed by atoms with van der Waals surface area (Å²) in [6, 6.07) is 14.1. The minimum atomic E-state index is -3.99. The lowest BCUT2D eigenvalue weighted by Crippen LogP contribution is -2.26. The lowest BCUT2D eigenvalue weighted by atomic mass is 10.1. The van der Waals surface area contributed by atoms with E-state index in [4.69, 9.17) is 0 Å².